The molecule has 0 aromatic carbocycles. The first-order valence-electron chi connectivity index (χ1n) is 6.01. The van der Waals surface area contributed by atoms with E-state index >= 15 is 0 Å². The van der Waals surface area contributed by atoms with Gasteiger partial charge in [-0.2, -0.15) is 0 Å². The summed E-state index contributed by atoms with van der Waals surface area (Å²) in [5.74, 6) is 0.816. The van der Waals surface area contributed by atoms with Crippen molar-refractivity contribution in [2.45, 2.75) is 71.5 Å². The molecule has 0 aromatic heterocycles. The summed E-state index contributed by atoms with van der Waals surface area (Å²) in [4.78, 5) is 0.719. The number of hydrogen-bond acceptors (Lipinski definition) is 0. The highest BCUT2D eigenvalue weighted by Gasteiger charge is 2.22. The van der Waals surface area contributed by atoms with Crippen LogP contribution in [0.1, 0.15) is 66.7 Å². The predicted molar refractivity (Wildman–Crippen MR) is 70.1 cm³/mol. The Morgan fingerprint density at radius 2 is 1.71 bits per heavy atom. The lowest BCUT2D eigenvalue weighted by Gasteiger charge is -2.29. The highest BCUT2D eigenvalue weighted by atomic mass is 79.9. The second-order valence-corrected chi connectivity index (χ2v) is 7.00. The van der Waals surface area contributed by atoms with Crippen LogP contribution in [-0.2, 0) is 0 Å². The summed E-state index contributed by atoms with van der Waals surface area (Å²) >= 11 is 3.80. The molecule has 0 N–H and O–H groups in total. The first-order valence-corrected chi connectivity index (χ1v) is 6.93. The van der Waals surface area contributed by atoms with Crippen molar-refractivity contribution in [1.82, 2.24) is 0 Å². The molecule has 0 aliphatic heterocycles. The van der Waals surface area contributed by atoms with Crippen molar-refractivity contribution in [3.63, 3.8) is 0 Å². The van der Waals surface area contributed by atoms with Gasteiger partial charge in [0.05, 0.1) is 0 Å². The molecule has 0 nitrogen and oxygen atoms in total. The van der Waals surface area contributed by atoms with Crippen molar-refractivity contribution >= 4 is 15.9 Å². The van der Waals surface area contributed by atoms with E-state index in [9.17, 15) is 0 Å². The Kier molecular flexibility index (Phi) is 7.11. The van der Waals surface area contributed by atoms with Crippen LogP contribution in [0.15, 0.2) is 0 Å². The van der Waals surface area contributed by atoms with Crippen LogP contribution in [-0.4, -0.2) is 4.83 Å². The SMILES string of the molecule is CCCCC(Br)CC(C)(C)CC(C)C. The molecule has 86 valence electrons. The van der Waals surface area contributed by atoms with E-state index < -0.39 is 0 Å². The minimum absolute atomic E-state index is 0.496. The number of rotatable bonds is 7. The van der Waals surface area contributed by atoms with Crippen LogP contribution < -0.4 is 0 Å². The average Bonchev–Trinajstić information content (AvgIpc) is 1.96. The average molecular weight is 263 g/mol. The third kappa shape index (κ3) is 7.84. The van der Waals surface area contributed by atoms with Crippen LogP contribution in [0.5, 0.6) is 0 Å². The third-order valence-electron chi connectivity index (χ3n) is 2.61. The molecule has 0 rings (SSSR count). The zero-order chi connectivity index (χ0) is 11.2. The quantitative estimate of drug-likeness (QED) is 0.539. The molecule has 0 aromatic rings. The third-order valence-corrected chi connectivity index (χ3v) is 3.39. The van der Waals surface area contributed by atoms with E-state index in [1.54, 1.807) is 0 Å². The summed E-state index contributed by atoms with van der Waals surface area (Å²) < 4.78 is 0. The van der Waals surface area contributed by atoms with E-state index in [2.05, 4.69) is 50.5 Å². The molecule has 1 unspecified atom stereocenters. The minimum atomic E-state index is 0.496. The number of halogens is 1. The summed E-state index contributed by atoms with van der Waals surface area (Å²) in [5.41, 5.74) is 0.496. The number of unbranched alkanes of at least 4 members (excludes halogenated alkanes) is 1. The van der Waals surface area contributed by atoms with Crippen LogP contribution >= 0.6 is 15.9 Å². The lowest BCUT2D eigenvalue weighted by atomic mass is 9.79. The Morgan fingerprint density at radius 1 is 1.14 bits per heavy atom. The van der Waals surface area contributed by atoms with E-state index in [1.165, 1.54) is 32.1 Å². The molecule has 0 amide bonds. The van der Waals surface area contributed by atoms with E-state index in [4.69, 9.17) is 0 Å². The predicted octanol–water partition coefficient (Wildman–Crippen LogP) is 5.40. The molecule has 0 bridgehead atoms. The lowest BCUT2D eigenvalue weighted by molar-refractivity contribution is 0.261. The topological polar surface area (TPSA) is 0 Å². The zero-order valence-corrected chi connectivity index (χ0v) is 12.2. The number of alkyl halides is 1. The van der Waals surface area contributed by atoms with Crippen molar-refractivity contribution in [3.05, 3.63) is 0 Å². The van der Waals surface area contributed by atoms with Crippen molar-refractivity contribution in [2.24, 2.45) is 11.3 Å². The maximum atomic E-state index is 3.80. The second kappa shape index (κ2) is 6.87. The number of hydrogen-bond donors (Lipinski definition) is 0. The molecule has 14 heavy (non-hydrogen) atoms. The van der Waals surface area contributed by atoms with Crippen molar-refractivity contribution < 1.29 is 0 Å². The van der Waals surface area contributed by atoms with Gasteiger partial charge in [0.2, 0.25) is 0 Å². The van der Waals surface area contributed by atoms with Crippen LogP contribution in [0.2, 0.25) is 0 Å². The Bertz CT molecular complexity index is 138. The van der Waals surface area contributed by atoms with E-state index in [1.807, 2.05) is 0 Å². The Balaban J connectivity index is 3.82. The molecule has 0 aliphatic rings. The second-order valence-electron chi connectivity index (χ2n) is 5.71. The van der Waals surface area contributed by atoms with Crippen molar-refractivity contribution in [1.29, 1.82) is 0 Å². The molecule has 1 heteroatoms. The van der Waals surface area contributed by atoms with Gasteiger partial charge in [-0.15, -0.1) is 0 Å². The molecule has 0 fully saturated rings. The summed E-state index contributed by atoms with van der Waals surface area (Å²) in [7, 11) is 0. The zero-order valence-electron chi connectivity index (χ0n) is 10.6. The molecular formula is C13H27Br. The monoisotopic (exact) mass is 262 g/mol. The smallest absolute Gasteiger partial charge is 0.0150 e. The van der Waals surface area contributed by atoms with Gasteiger partial charge in [0, 0.05) is 4.83 Å². The Hall–Kier alpha value is 0.480. The maximum absolute atomic E-state index is 3.80. The summed E-state index contributed by atoms with van der Waals surface area (Å²) in [6.07, 6.45) is 6.64. The fourth-order valence-corrected chi connectivity index (χ4v) is 3.52. The molecule has 0 saturated heterocycles. The van der Waals surface area contributed by atoms with Crippen LogP contribution in [0.25, 0.3) is 0 Å². The van der Waals surface area contributed by atoms with Crippen molar-refractivity contribution in [3.8, 4) is 0 Å². The summed E-state index contributed by atoms with van der Waals surface area (Å²) in [6, 6.07) is 0. The first kappa shape index (κ1) is 14.5. The van der Waals surface area contributed by atoms with Gasteiger partial charge >= 0.3 is 0 Å². The fraction of sp³-hybridized carbons (Fsp3) is 1.00. The summed E-state index contributed by atoms with van der Waals surface area (Å²) in [5, 5.41) is 0. The fourth-order valence-electron chi connectivity index (χ4n) is 2.32. The van der Waals surface area contributed by atoms with Crippen LogP contribution in [0, 0.1) is 11.3 Å². The van der Waals surface area contributed by atoms with Gasteiger partial charge in [0.1, 0.15) is 0 Å². The molecule has 0 radical (unpaired) electrons. The highest BCUT2D eigenvalue weighted by molar-refractivity contribution is 9.09. The van der Waals surface area contributed by atoms with Gasteiger partial charge in [-0.1, -0.05) is 63.4 Å². The molecule has 0 spiro atoms. The van der Waals surface area contributed by atoms with Gasteiger partial charge < -0.3 is 0 Å². The summed E-state index contributed by atoms with van der Waals surface area (Å²) in [6.45, 7) is 11.7. The minimum Gasteiger partial charge on any atom is -0.0890 e. The van der Waals surface area contributed by atoms with Gasteiger partial charge in [-0.05, 0) is 30.6 Å². The molecule has 1 atom stereocenters. The molecule has 0 saturated carbocycles. The van der Waals surface area contributed by atoms with Crippen LogP contribution in [0.3, 0.4) is 0 Å². The van der Waals surface area contributed by atoms with Crippen molar-refractivity contribution in [2.75, 3.05) is 0 Å². The molecular weight excluding hydrogens is 236 g/mol. The van der Waals surface area contributed by atoms with E-state index in [-0.39, 0.29) is 0 Å². The van der Waals surface area contributed by atoms with E-state index in [0.717, 1.165) is 10.7 Å². The normalized spacial score (nSPS) is 14.8. The van der Waals surface area contributed by atoms with Gasteiger partial charge in [0.25, 0.3) is 0 Å². The first-order chi connectivity index (χ1) is 6.37. The van der Waals surface area contributed by atoms with Gasteiger partial charge in [-0.25, -0.2) is 0 Å². The van der Waals surface area contributed by atoms with Gasteiger partial charge in [0.15, 0.2) is 0 Å². The molecule has 0 heterocycles. The van der Waals surface area contributed by atoms with Gasteiger partial charge in [-0.3, -0.25) is 0 Å². The Labute approximate surface area is 99.0 Å². The largest absolute Gasteiger partial charge is 0.0890 e. The standard InChI is InChI=1S/C13H27Br/c1-6-7-8-12(14)10-13(4,5)9-11(2)3/h11-12H,6-10H2,1-5H3. The van der Waals surface area contributed by atoms with Crippen LogP contribution in [0.4, 0.5) is 0 Å². The maximum Gasteiger partial charge on any atom is 0.0150 e. The Morgan fingerprint density at radius 3 is 2.14 bits per heavy atom. The van der Waals surface area contributed by atoms with E-state index in [0.29, 0.717) is 5.41 Å². The highest BCUT2D eigenvalue weighted by Crippen LogP contribution is 2.34. The lowest BCUT2D eigenvalue weighted by Crippen LogP contribution is -2.19. The molecule has 0 aliphatic carbocycles.